The predicted octanol–water partition coefficient (Wildman–Crippen LogP) is 2.27. The summed E-state index contributed by atoms with van der Waals surface area (Å²) in [6.07, 6.45) is 1.07. The number of nitrogens with zero attached hydrogens (tertiary/aromatic N) is 2. The number of likely N-dealkylation sites (N-methyl/N-ethyl adjacent to an activating group) is 1. The lowest BCUT2D eigenvalue weighted by Crippen LogP contribution is -2.53. The number of amides is 1. The molecule has 118 valence electrons. The van der Waals surface area contributed by atoms with Gasteiger partial charge in [-0.05, 0) is 37.8 Å². The molecule has 0 radical (unpaired) electrons. The zero-order valence-corrected chi connectivity index (χ0v) is 13.3. The van der Waals surface area contributed by atoms with Crippen LogP contribution in [0.1, 0.15) is 29.5 Å². The SMILES string of the molecule is Cc1ccc(C2=C(O)C3(CCN(O)CC3)N(C)C2=O)c(C)c1. The smallest absolute Gasteiger partial charge is 0.258 e. The lowest BCUT2D eigenvalue weighted by Gasteiger charge is -2.41. The van der Waals surface area contributed by atoms with Crippen LogP contribution in [0.5, 0.6) is 0 Å². The van der Waals surface area contributed by atoms with Crippen molar-refractivity contribution in [2.75, 3.05) is 20.1 Å². The highest BCUT2D eigenvalue weighted by molar-refractivity contribution is 6.23. The fourth-order valence-corrected chi connectivity index (χ4v) is 3.63. The van der Waals surface area contributed by atoms with Crippen LogP contribution in [-0.4, -0.2) is 51.9 Å². The van der Waals surface area contributed by atoms with Gasteiger partial charge in [0.2, 0.25) is 0 Å². The van der Waals surface area contributed by atoms with Crippen LogP contribution in [-0.2, 0) is 4.79 Å². The standard InChI is InChI=1S/C17H22N2O3/c1-11-4-5-13(12(2)10-11)14-15(20)17(18(3)16(14)21)6-8-19(22)9-7-17/h4-5,10,20,22H,6-9H2,1-3H3. The van der Waals surface area contributed by atoms with Gasteiger partial charge >= 0.3 is 0 Å². The molecule has 2 aliphatic rings. The largest absolute Gasteiger partial charge is 0.509 e. The summed E-state index contributed by atoms with van der Waals surface area (Å²) in [5.41, 5.74) is 2.64. The molecule has 3 rings (SSSR count). The summed E-state index contributed by atoms with van der Waals surface area (Å²) in [5, 5.41) is 21.7. The molecule has 1 saturated heterocycles. The summed E-state index contributed by atoms with van der Waals surface area (Å²) in [6.45, 7) is 4.85. The van der Waals surface area contributed by atoms with E-state index in [4.69, 9.17) is 0 Å². The number of aliphatic hydroxyl groups is 1. The Hall–Kier alpha value is -1.85. The molecule has 2 N–H and O–H groups in total. The monoisotopic (exact) mass is 302 g/mol. The number of carbonyl (C=O) groups is 1. The van der Waals surface area contributed by atoms with Gasteiger partial charge in [0.15, 0.2) is 0 Å². The van der Waals surface area contributed by atoms with Crippen molar-refractivity contribution < 1.29 is 15.1 Å². The molecule has 0 unspecified atom stereocenters. The van der Waals surface area contributed by atoms with E-state index in [-0.39, 0.29) is 11.7 Å². The first-order chi connectivity index (χ1) is 10.4. The molecule has 1 spiro atoms. The third kappa shape index (κ3) is 2.04. The van der Waals surface area contributed by atoms with E-state index in [0.29, 0.717) is 31.5 Å². The minimum atomic E-state index is -0.678. The Labute approximate surface area is 130 Å². The molecule has 2 aliphatic heterocycles. The number of aryl methyl sites for hydroxylation is 2. The van der Waals surface area contributed by atoms with Gasteiger partial charge < -0.3 is 15.2 Å². The maximum atomic E-state index is 12.7. The van der Waals surface area contributed by atoms with Crippen LogP contribution in [0.15, 0.2) is 24.0 Å². The first kappa shape index (κ1) is 15.1. The van der Waals surface area contributed by atoms with Crippen LogP contribution in [0.25, 0.3) is 5.57 Å². The predicted molar refractivity (Wildman–Crippen MR) is 83.6 cm³/mol. The Kier molecular flexibility index (Phi) is 3.50. The van der Waals surface area contributed by atoms with Crippen molar-refractivity contribution in [1.82, 2.24) is 9.96 Å². The number of rotatable bonds is 1. The van der Waals surface area contributed by atoms with Gasteiger partial charge in [-0.3, -0.25) is 4.79 Å². The van der Waals surface area contributed by atoms with Crippen molar-refractivity contribution in [3.63, 3.8) is 0 Å². The van der Waals surface area contributed by atoms with Gasteiger partial charge in [0.1, 0.15) is 11.3 Å². The molecule has 0 bridgehead atoms. The van der Waals surface area contributed by atoms with Gasteiger partial charge in [-0.1, -0.05) is 23.8 Å². The van der Waals surface area contributed by atoms with Crippen molar-refractivity contribution >= 4 is 11.5 Å². The summed E-state index contributed by atoms with van der Waals surface area (Å²) in [4.78, 5) is 14.4. The number of carbonyl (C=O) groups excluding carboxylic acids is 1. The van der Waals surface area contributed by atoms with Gasteiger partial charge in [0, 0.05) is 20.1 Å². The average Bonchev–Trinajstić information content (AvgIpc) is 2.65. The van der Waals surface area contributed by atoms with E-state index < -0.39 is 5.54 Å². The number of aliphatic hydroxyl groups excluding tert-OH is 1. The third-order valence-corrected chi connectivity index (χ3v) is 5.06. The lowest BCUT2D eigenvalue weighted by atomic mass is 9.85. The van der Waals surface area contributed by atoms with Crippen LogP contribution in [0, 0.1) is 13.8 Å². The van der Waals surface area contributed by atoms with Crippen LogP contribution < -0.4 is 0 Å². The molecule has 5 nitrogen and oxygen atoms in total. The van der Waals surface area contributed by atoms with Gasteiger partial charge in [-0.2, -0.15) is 5.06 Å². The molecular weight excluding hydrogens is 280 g/mol. The molecule has 1 aromatic rings. The number of hydroxylamine groups is 2. The highest BCUT2D eigenvalue weighted by Gasteiger charge is 2.51. The van der Waals surface area contributed by atoms with Crippen molar-refractivity contribution in [1.29, 1.82) is 0 Å². The average molecular weight is 302 g/mol. The van der Waals surface area contributed by atoms with E-state index in [9.17, 15) is 15.1 Å². The fourth-order valence-electron chi connectivity index (χ4n) is 3.63. The second-order valence-corrected chi connectivity index (χ2v) is 6.39. The quantitative estimate of drug-likeness (QED) is 0.835. The third-order valence-electron chi connectivity index (χ3n) is 5.06. The molecule has 1 amide bonds. The Morgan fingerprint density at radius 1 is 1.18 bits per heavy atom. The second kappa shape index (κ2) is 5.11. The Balaban J connectivity index is 2.10. The zero-order valence-electron chi connectivity index (χ0n) is 13.3. The van der Waals surface area contributed by atoms with Gasteiger partial charge in [-0.25, -0.2) is 0 Å². The van der Waals surface area contributed by atoms with Crippen molar-refractivity contribution in [3.8, 4) is 0 Å². The van der Waals surface area contributed by atoms with E-state index in [1.807, 2.05) is 32.0 Å². The molecule has 0 atom stereocenters. The molecule has 1 fully saturated rings. The normalized spacial score (nSPS) is 22.0. The van der Waals surface area contributed by atoms with E-state index in [0.717, 1.165) is 16.7 Å². The molecule has 0 saturated carbocycles. The molecule has 0 aromatic heterocycles. The number of hydrogen-bond acceptors (Lipinski definition) is 4. The lowest BCUT2D eigenvalue weighted by molar-refractivity contribution is -0.141. The van der Waals surface area contributed by atoms with Gasteiger partial charge in [0.05, 0.1) is 5.57 Å². The fraction of sp³-hybridized carbons (Fsp3) is 0.471. The molecule has 1 aromatic carbocycles. The molecular formula is C17H22N2O3. The second-order valence-electron chi connectivity index (χ2n) is 6.39. The zero-order chi connectivity index (χ0) is 16.1. The first-order valence-corrected chi connectivity index (χ1v) is 7.60. The molecule has 2 heterocycles. The first-order valence-electron chi connectivity index (χ1n) is 7.60. The summed E-state index contributed by atoms with van der Waals surface area (Å²) < 4.78 is 0. The van der Waals surface area contributed by atoms with Crippen molar-refractivity contribution in [3.05, 3.63) is 40.6 Å². The van der Waals surface area contributed by atoms with Crippen molar-refractivity contribution in [2.24, 2.45) is 0 Å². The molecule has 5 heteroatoms. The topological polar surface area (TPSA) is 64.0 Å². The van der Waals surface area contributed by atoms with Crippen molar-refractivity contribution in [2.45, 2.75) is 32.2 Å². The number of piperidine rings is 1. The van der Waals surface area contributed by atoms with Crippen LogP contribution in [0.4, 0.5) is 0 Å². The number of hydrogen-bond donors (Lipinski definition) is 2. The molecule has 0 aliphatic carbocycles. The summed E-state index contributed by atoms with van der Waals surface area (Å²) in [5.74, 6) is 0.0101. The summed E-state index contributed by atoms with van der Waals surface area (Å²) >= 11 is 0. The maximum Gasteiger partial charge on any atom is 0.258 e. The minimum Gasteiger partial charge on any atom is -0.509 e. The number of benzene rings is 1. The van der Waals surface area contributed by atoms with E-state index >= 15 is 0 Å². The highest BCUT2D eigenvalue weighted by atomic mass is 16.5. The van der Waals surface area contributed by atoms with Gasteiger partial charge in [0.25, 0.3) is 5.91 Å². The summed E-state index contributed by atoms with van der Waals surface area (Å²) in [7, 11) is 1.74. The Morgan fingerprint density at radius 2 is 1.82 bits per heavy atom. The minimum absolute atomic E-state index is 0.143. The van der Waals surface area contributed by atoms with E-state index in [1.165, 1.54) is 5.06 Å². The molecule has 22 heavy (non-hydrogen) atoms. The van der Waals surface area contributed by atoms with Crippen LogP contribution >= 0.6 is 0 Å². The van der Waals surface area contributed by atoms with Crippen LogP contribution in [0.3, 0.4) is 0 Å². The van der Waals surface area contributed by atoms with Gasteiger partial charge in [-0.15, -0.1) is 0 Å². The Bertz CT molecular complexity index is 658. The van der Waals surface area contributed by atoms with E-state index in [1.54, 1.807) is 11.9 Å². The van der Waals surface area contributed by atoms with E-state index in [2.05, 4.69) is 0 Å². The van der Waals surface area contributed by atoms with Crippen LogP contribution in [0.2, 0.25) is 0 Å². The maximum absolute atomic E-state index is 12.7. The Morgan fingerprint density at radius 3 is 2.41 bits per heavy atom. The summed E-state index contributed by atoms with van der Waals surface area (Å²) in [6, 6.07) is 5.88. The highest BCUT2D eigenvalue weighted by Crippen LogP contribution is 2.44.